The number of benzene rings is 1. The molecule has 0 heterocycles. The third-order valence-corrected chi connectivity index (χ3v) is 2.46. The molecular weight excluding hydrogens is 236 g/mol. The van der Waals surface area contributed by atoms with E-state index in [1.54, 1.807) is 0 Å². The summed E-state index contributed by atoms with van der Waals surface area (Å²) in [5.74, 6) is -5.48. The largest absolute Gasteiger partial charge is 0.377 e. The van der Waals surface area contributed by atoms with E-state index in [0.717, 1.165) is 19.8 Å². The molecule has 0 fully saturated rings. The van der Waals surface area contributed by atoms with E-state index in [-0.39, 0.29) is 0 Å². The molecule has 1 nitrogen and oxygen atoms in total. The SMILES string of the molecule is CCCCOCc1c(F)c(F)c(C)c(F)c1F. The summed E-state index contributed by atoms with van der Waals surface area (Å²) in [6.07, 6.45) is 1.58. The van der Waals surface area contributed by atoms with Crippen molar-refractivity contribution < 1.29 is 22.3 Å². The van der Waals surface area contributed by atoms with Crippen LogP contribution < -0.4 is 0 Å². The van der Waals surface area contributed by atoms with Crippen LogP contribution in [0, 0.1) is 30.2 Å². The van der Waals surface area contributed by atoms with Crippen LogP contribution >= 0.6 is 0 Å². The number of hydrogen-bond donors (Lipinski definition) is 0. The third-order valence-electron chi connectivity index (χ3n) is 2.46. The molecule has 0 amide bonds. The highest BCUT2D eigenvalue weighted by atomic mass is 19.2. The van der Waals surface area contributed by atoms with Crippen LogP contribution in [0.15, 0.2) is 0 Å². The maximum Gasteiger partial charge on any atom is 0.167 e. The van der Waals surface area contributed by atoms with Gasteiger partial charge in [0, 0.05) is 12.2 Å². The molecule has 0 bridgehead atoms. The van der Waals surface area contributed by atoms with Crippen molar-refractivity contribution in [3.63, 3.8) is 0 Å². The number of hydrogen-bond acceptors (Lipinski definition) is 1. The fourth-order valence-corrected chi connectivity index (χ4v) is 1.33. The molecule has 0 aliphatic heterocycles. The lowest BCUT2D eigenvalue weighted by Crippen LogP contribution is -2.08. The molecule has 0 unspecified atom stereocenters. The van der Waals surface area contributed by atoms with Crippen molar-refractivity contribution in [2.75, 3.05) is 6.61 Å². The van der Waals surface area contributed by atoms with Crippen LogP contribution in [0.3, 0.4) is 0 Å². The molecule has 5 heteroatoms. The van der Waals surface area contributed by atoms with E-state index in [1.807, 2.05) is 6.92 Å². The van der Waals surface area contributed by atoms with Crippen LogP contribution in [0.25, 0.3) is 0 Å². The predicted octanol–water partition coefficient (Wildman–Crippen LogP) is 3.87. The first-order valence-electron chi connectivity index (χ1n) is 5.39. The van der Waals surface area contributed by atoms with Crippen molar-refractivity contribution in [1.82, 2.24) is 0 Å². The Morgan fingerprint density at radius 2 is 1.47 bits per heavy atom. The highest BCUT2D eigenvalue weighted by Crippen LogP contribution is 2.24. The summed E-state index contributed by atoms with van der Waals surface area (Å²) in [5, 5.41) is 0. The zero-order valence-corrected chi connectivity index (χ0v) is 9.75. The quantitative estimate of drug-likeness (QED) is 0.438. The zero-order valence-electron chi connectivity index (χ0n) is 9.75. The second kappa shape index (κ2) is 6.00. The highest BCUT2D eigenvalue weighted by Gasteiger charge is 2.22. The van der Waals surface area contributed by atoms with Gasteiger partial charge in [0.05, 0.1) is 12.2 Å². The van der Waals surface area contributed by atoms with Gasteiger partial charge in [-0.15, -0.1) is 0 Å². The number of ether oxygens (including phenoxy) is 1. The lowest BCUT2D eigenvalue weighted by atomic mass is 10.1. The molecule has 17 heavy (non-hydrogen) atoms. The Morgan fingerprint density at radius 1 is 0.941 bits per heavy atom. The maximum atomic E-state index is 13.4. The number of halogens is 4. The Labute approximate surface area is 97.4 Å². The minimum Gasteiger partial charge on any atom is -0.377 e. The first kappa shape index (κ1) is 14.0. The van der Waals surface area contributed by atoms with Crippen LogP contribution in [0.5, 0.6) is 0 Å². The van der Waals surface area contributed by atoms with Gasteiger partial charge in [-0.3, -0.25) is 0 Å². The summed E-state index contributed by atoms with van der Waals surface area (Å²) in [5.41, 5.74) is -1.35. The van der Waals surface area contributed by atoms with E-state index >= 15 is 0 Å². The van der Waals surface area contributed by atoms with Gasteiger partial charge in [-0.1, -0.05) is 13.3 Å². The van der Waals surface area contributed by atoms with Crippen molar-refractivity contribution in [2.45, 2.75) is 33.3 Å². The molecule has 1 aromatic rings. The monoisotopic (exact) mass is 250 g/mol. The first-order chi connectivity index (χ1) is 8.00. The molecule has 0 saturated carbocycles. The highest BCUT2D eigenvalue weighted by molar-refractivity contribution is 5.28. The Hall–Kier alpha value is -1.10. The van der Waals surface area contributed by atoms with Crippen molar-refractivity contribution >= 4 is 0 Å². The van der Waals surface area contributed by atoms with Crippen molar-refractivity contribution in [3.05, 3.63) is 34.4 Å². The molecule has 96 valence electrons. The summed E-state index contributed by atoms with van der Waals surface area (Å²) in [6.45, 7) is 2.74. The first-order valence-corrected chi connectivity index (χ1v) is 5.39. The Morgan fingerprint density at radius 3 is 1.94 bits per heavy atom. The van der Waals surface area contributed by atoms with Crippen LogP contribution in [0.2, 0.25) is 0 Å². The second-order valence-electron chi connectivity index (χ2n) is 3.77. The molecule has 0 aliphatic carbocycles. The molecule has 1 rings (SSSR count). The minimum atomic E-state index is -1.38. The van der Waals surface area contributed by atoms with Crippen LogP contribution in [0.4, 0.5) is 17.6 Å². The van der Waals surface area contributed by atoms with Gasteiger partial charge in [0.15, 0.2) is 23.3 Å². The average Bonchev–Trinajstić information content (AvgIpc) is 2.33. The van der Waals surface area contributed by atoms with Gasteiger partial charge in [-0.2, -0.15) is 0 Å². The average molecular weight is 250 g/mol. The maximum absolute atomic E-state index is 13.4. The topological polar surface area (TPSA) is 9.23 Å². The van der Waals surface area contributed by atoms with E-state index in [1.165, 1.54) is 0 Å². The third kappa shape index (κ3) is 2.97. The summed E-state index contributed by atoms with van der Waals surface area (Å²) < 4.78 is 58.0. The summed E-state index contributed by atoms with van der Waals surface area (Å²) in [4.78, 5) is 0. The van der Waals surface area contributed by atoms with Gasteiger partial charge >= 0.3 is 0 Å². The smallest absolute Gasteiger partial charge is 0.167 e. The molecule has 0 aromatic heterocycles. The van der Waals surface area contributed by atoms with Crippen molar-refractivity contribution in [1.29, 1.82) is 0 Å². The number of unbranched alkanes of at least 4 members (excludes halogenated alkanes) is 1. The van der Waals surface area contributed by atoms with E-state index in [4.69, 9.17) is 4.74 Å². The van der Waals surface area contributed by atoms with Gasteiger partial charge in [0.2, 0.25) is 0 Å². The summed E-state index contributed by atoms with van der Waals surface area (Å²) >= 11 is 0. The Kier molecular flexibility index (Phi) is 4.93. The lowest BCUT2D eigenvalue weighted by Gasteiger charge is -2.10. The van der Waals surface area contributed by atoms with Crippen LogP contribution in [0.1, 0.15) is 30.9 Å². The van der Waals surface area contributed by atoms with Gasteiger partial charge in [0.25, 0.3) is 0 Å². The van der Waals surface area contributed by atoms with Crippen molar-refractivity contribution in [3.8, 4) is 0 Å². The normalized spacial score (nSPS) is 10.9. The molecule has 0 spiro atoms. The molecule has 1 aromatic carbocycles. The van der Waals surface area contributed by atoms with Crippen LogP contribution in [-0.2, 0) is 11.3 Å². The van der Waals surface area contributed by atoms with E-state index in [2.05, 4.69) is 0 Å². The molecule has 0 N–H and O–H groups in total. The standard InChI is InChI=1S/C12H14F4O/c1-3-4-5-17-6-8-11(15)9(13)7(2)10(14)12(8)16/h3-6H2,1-2H3. The summed E-state index contributed by atoms with van der Waals surface area (Å²) in [7, 11) is 0. The van der Waals surface area contributed by atoms with E-state index < -0.39 is 41.0 Å². The van der Waals surface area contributed by atoms with E-state index in [9.17, 15) is 17.6 Å². The Bertz CT molecular complexity index is 375. The van der Waals surface area contributed by atoms with Gasteiger partial charge in [0.1, 0.15) is 0 Å². The molecular formula is C12H14F4O. The summed E-state index contributed by atoms with van der Waals surface area (Å²) in [6, 6.07) is 0. The van der Waals surface area contributed by atoms with Gasteiger partial charge < -0.3 is 4.74 Å². The molecule has 0 saturated heterocycles. The van der Waals surface area contributed by atoms with Crippen LogP contribution in [-0.4, -0.2) is 6.61 Å². The minimum absolute atomic E-state index is 0.298. The lowest BCUT2D eigenvalue weighted by molar-refractivity contribution is 0.112. The van der Waals surface area contributed by atoms with Gasteiger partial charge in [-0.25, -0.2) is 17.6 Å². The van der Waals surface area contributed by atoms with Gasteiger partial charge in [-0.05, 0) is 13.3 Å². The van der Waals surface area contributed by atoms with E-state index in [0.29, 0.717) is 6.61 Å². The molecule has 0 radical (unpaired) electrons. The fraction of sp³-hybridized carbons (Fsp3) is 0.500. The fourth-order valence-electron chi connectivity index (χ4n) is 1.33. The molecule has 0 atom stereocenters. The zero-order chi connectivity index (χ0) is 13.0. The second-order valence-corrected chi connectivity index (χ2v) is 3.77. The van der Waals surface area contributed by atoms with Crippen molar-refractivity contribution in [2.24, 2.45) is 0 Å². The Balaban J connectivity index is 2.92. The predicted molar refractivity (Wildman–Crippen MR) is 55.6 cm³/mol. The number of rotatable bonds is 5. The molecule has 0 aliphatic rings.